The van der Waals surface area contributed by atoms with Gasteiger partial charge >= 0.3 is 0 Å². The molecule has 0 aliphatic heterocycles. The van der Waals surface area contributed by atoms with Crippen molar-refractivity contribution in [3.8, 4) is 0 Å². The molecule has 1 aromatic rings. The molecule has 0 amide bonds. The third-order valence-corrected chi connectivity index (χ3v) is 2.43. The first-order valence-electron chi connectivity index (χ1n) is 3.56. The Labute approximate surface area is 81.6 Å². The number of rotatable bonds is 2. The van der Waals surface area contributed by atoms with Crippen LogP contribution >= 0.6 is 23.2 Å². The monoisotopic (exact) mass is 204 g/mol. The number of benzene rings is 1. The second-order valence-electron chi connectivity index (χ2n) is 2.56. The van der Waals surface area contributed by atoms with E-state index in [4.69, 9.17) is 29.0 Å². The van der Waals surface area contributed by atoms with Crippen LogP contribution in [0.5, 0.6) is 0 Å². The van der Waals surface area contributed by atoms with Crippen LogP contribution in [0.4, 0.5) is 0 Å². The highest BCUT2D eigenvalue weighted by molar-refractivity contribution is 6.42. The van der Waals surface area contributed by atoms with Gasteiger partial charge in [-0.2, -0.15) is 0 Å². The van der Waals surface area contributed by atoms with Crippen LogP contribution in [0.3, 0.4) is 0 Å². The maximum absolute atomic E-state index is 5.81. The zero-order valence-corrected chi connectivity index (χ0v) is 8.15. The summed E-state index contributed by atoms with van der Waals surface area (Å²) in [6.45, 7) is 1.94. The number of hydrazine groups is 1. The van der Waals surface area contributed by atoms with Gasteiger partial charge in [-0.3, -0.25) is 11.3 Å². The van der Waals surface area contributed by atoms with Gasteiger partial charge in [0, 0.05) is 6.04 Å². The Morgan fingerprint density at radius 1 is 1.33 bits per heavy atom. The van der Waals surface area contributed by atoms with Gasteiger partial charge in [0.1, 0.15) is 0 Å². The highest BCUT2D eigenvalue weighted by Gasteiger charge is 2.04. The molecule has 0 radical (unpaired) electrons. The number of halogens is 2. The fraction of sp³-hybridized carbons (Fsp3) is 0.250. The summed E-state index contributed by atoms with van der Waals surface area (Å²) in [4.78, 5) is 0. The standard InChI is InChI=1S/C8H10Cl2N2/c1-5(12-11)6-2-3-7(9)8(10)4-6/h2-5,12H,11H2,1H3/t5-/m0/s1. The lowest BCUT2D eigenvalue weighted by molar-refractivity contribution is 0.602. The zero-order chi connectivity index (χ0) is 9.14. The summed E-state index contributed by atoms with van der Waals surface area (Å²) in [5.41, 5.74) is 3.65. The van der Waals surface area contributed by atoms with Crippen molar-refractivity contribution in [3.63, 3.8) is 0 Å². The Kier molecular flexibility index (Phi) is 3.35. The molecule has 0 saturated heterocycles. The number of hydrogen-bond donors (Lipinski definition) is 2. The molecular weight excluding hydrogens is 195 g/mol. The lowest BCUT2D eigenvalue weighted by Crippen LogP contribution is -2.25. The van der Waals surface area contributed by atoms with E-state index < -0.39 is 0 Å². The van der Waals surface area contributed by atoms with E-state index in [1.807, 2.05) is 13.0 Å². The van der Waals surface area contributed by atoms with Crippen molar-refractivity contribution in [1.82, 2.24) is 5.43 Å². The molecule has 12 heavy (non-hydrogen) atoms. The zero-order valence-electron chi connectivity index (χ0n) is 6.64. The Morgan fingerprint density at radius 2 is 2.00 bits per heavy atom. The maximum Gasteiger partial charge on any atom is 0.0595 e. The second kappa shape index (κ2) is 4.10. The molecule has 0 spiro atoms. The van der Waals surface area contributed by atoms with Gasteiger partial charge in [-0.25, -0.2) is 0 Å². The Balaban J connectivity index is 2.96. The van der Waals surface area contributed by atoms with Crippen molar-refractivity contribution in [2.45, 2.75) is 13.0 Å². The smallest absolute Gasteiger partial charge is 0.0595 e. The average Bonchev–Trinajstić information content (AvgIpc) is 2.08. The molecule has 0 aromatic heterocycles. The summed E-state index contributed by atoms with van der Waals surface area (Å²) in [6, 6.07) is 5.53. The first kappa shape index (κ1) is 9.81. The van der Waals surface area contributed by atoms with Crippen LogP contribution < -0.4 is 11.3 Å². The quantitative estimate of drug-likeness (QED) is 0.575. The number of nitrogens with one attached hydrogen (secondary N) is 1. The molecule has 0 aliphatic carbocycles. The Hall–Kier alpha value is -0.280. The van der Waals surface area contributed by atoms with E-state index in [0.29, 0.717) is 10.0 Å². The van der Waals surface area contributed by atoms with E-state index in [2.05, 4.69) is 5.43 Å². The van der Waals surface area contributed by atoms with E-state index in [1.54, 1.807) is 12.1 Å². The normalized spacial score (nSPS) is 13.0. The second-order valence-corrected chi connectivity index (χ2v) is 3.38. The van der Waals surface area contributed by atoms with Crippen LogP contribution in [-0.4, -0.2) is 0 Å². The predicted octanol–water partition coefficient (Wildman–Crippen LogP) is 2.52. The summed E-state index contributed by atoms with van der Waals surface area (Å²) < 4.78 is 0. The topological polar surface area (TPSA) is 38.0 Å². The number of nitrogens with two attached hydrogens (primary N) is 1. The summed E-state index contributed by atoms with van der Waals surface area (Å²) in [6.07, 6.45) is 0. The SMILES string of the molecule is C[C@H](NN)c1ccc(Cl)c(Cl)c1. The van der Waals surface area contributed by atoms with Crippen molar-refractivity contribution in [2.75, 3.05) is 0 Å². The van der Waals surface area contributed by atoms with Gasteiger partial charge in [0.25, 0.3) is 0 Å². The summed E-state index contributed by atoms with van der Waals surface area (Å²) in [7, 11) is 0. The maximum atomic E-state index is 5.81. The van der Waals surface area contributed by atoms with Crippen LogP contribution in [0, 0.1) is 0 Å². The molecule has 1 atom stereocenters. The average molecular weight is 205 g/mol. The van der Waals surface area contributed by atoms with E-state index in [-0.39, 0.29) is 6.04 Å². The molecule has 3 N–H and O–H groups in total. The third-order valence-electron chi connectivity index (χ3n) is 1.69. The minimum Gasteiger partial charge on any atom is -0.271 e. The molecule has 0 saturated carbocycles. The molecule has 0 fully saturated rings. The molecule has 0 heterocycles. The van der Waals surface area contributed by atoms with Gasteiger partial charge in [-0.05, 0) is 24.6 Å². The highest BCUT2D eigenvalue weighted by Crippen LogP contribution is 2.24. The van der Waals surface area contributed by atoms with Gasteiger partial charge in [0.05, 0.1) is 10.0 Å². The van der Waals surface area contributed by atoms with Gasteiger partial charge in [0.2, 0.25) is 0 Å². The van der Waals surface area contributed by atoms with Crippen LogP contribution in [0.2, 0.25) is 10.0 Å². The minimum atomic E-state index is 0.0831. The Morgan fingerprint density at radius 3 is 2.50 bits per heavy atom. The number of hydrogen-bond acceptors (Lipinski definition) is 2. The molecule has 0 unspecified atom stereocenters. The van der Waals surface area contributed by atoms with Crippen molar-refractivity contribution in [2.24, 2.45) is 5.84 Å². The van der Waals surface area contributed by atoms with E-state index >= 15 is 0 Å². The Bertz CT molecular complexity index is 276. The minimum absolute atomic E-state index is 0.0831. The fourth-order valence-electron chi connectivity index (χ4n) is 0.878. The molecule has 0 bridgehead atoms. The molecule has 0 aliphatic rings. The van der Waals surface area contributed by atoms with Crippen molar-refractivity contribution in [1.29, 1.82) is 0 Å². The first-order chi connectivity index (χ1) is 5.65. The van der Waals surface area contributed by atoms with Gasteiger partial charge in [-0.1, -0.05) is 29.3 Å². The van der Waals surface area contributed by atoms with Crippen LogP contribution in [0.25, 0.3) is 0 Å². The van der Waals surface area contributed by atoms with Gasteiger partial charge in [0.15, 0.2) is 0 Å². The first-order valence-corrected chi connectivity index (χ1v) is 4.32. The third kappa shape index (κ3) is 2.11. The van der Waals surface area contributed by atoms with Gasteiger partial charge < -0.3 is 0 Å². The van der Waals surface area contributed by atoms with Gasteiger partial charge in [-0.15, -0.1) is 0 Å². The lowest BCUT2D eigenvalue weighted by atomic mass is 10.1. The molecule has 1 aromatic carbocycles. The molecule has 66 valence electrons. The summed E-state index contributed by atoms with van der Waals surface area (Å²) >= 11 is 11.6. The van der Waals surface area contributed by atoms with Crippen LogP contribution in [-0.2, 0) is 0 Å². The van der Waals surface area contributed by atoms with Crippen molar-refractivity contribution in [3.05, 3.63) is 33.8 Å². The molecule has 2 nitrogen and oxygen atoms in total. The molecule has 1 rings (SSSR count). The van der Waals surface area contributed by atoms with E-state index in [9.17, 15) is 0 Å². The van der Waals surface area contributed by atoms with Crippen LogP contribution in [0.15, 0.2) is 18.2 Å². The largest absolute Gasteiger partial charge is 0.271 e. The molecular formula is C8H10Cl2N2. The van der Waals surface area contributed by atoms with E-state index in [1.165, 1.54) is 0 Å². The summed E-state index contributed by atoms with van der Waals surface area (Å²) in [5.74, 6) is 5.27. The van der Waals surface area contributed by atoms with Crippen molar-refractivity contribution < 1.29 is 0 Å². The van der Waals surface area contributed by atoms with E-state index in [0.717, 1.165) is 5.56 Å². The highest BCUT2D eigenvalue weighted by atomic mass is 35.5. The molecule has 4 heteroatoms. The van der Waals surface area contributed by atoms with Crippen molar-refractivity contribution >= 4 is 23.2 Å². The summed E-state index contributed by atoms with van der Waals surface area (Å²) in [5, 5.41) is 1.11. The lowest BCUT2D eigenvalue weighted by Gasteiger charge is -2.10. The fourth-order valence-corrected chi connectivity index (χ4v) is 1.18. The van der Waals surface area contributed by atoms with Crippen LogP contribution in [0.1, 0.15) is 18.5 Å². The predicted molar refractivity (Wildman–Crippen MR) is 52.2 cm³/mol.